The van der Waals surface area contributed by atoms with Gasteiger partial charge >= 0.3 is 17.4 Å². The van der Waals surface area contributed by atoms with Crippen LogP contribution >= 0.6 is 0 Å². The van der Waals surface area contributed by atoms with E-state index in [-0.39, 0.29) is 0 Å². The highest BCUT2D eigenvalue weighted by Crippen LogP contribution is 2.18. The molecule has 0 aromatic rings. The molecule has 0 atom stereocenters. The van der Waals surface area contributed by atoms with E-state index in [0.717, 1.165) is 0 Å². The Balaban J connectivity index is 2.79. The number of carbonyl (C=O) groups is 1. The van der Waals surface area contributed by atoms with E-state index in [2.05, 4.69) is 9.73 Å². The smallest absolute Gasteiger partial charge is 0.390 e. The summed E-state index contributed by atoms with van der Waals surface area (Å²) < 4.78 is 59.9. The Morgan fingerprint density at radius 2 is 2.00 bits per heavy atom. The van der Waals surface area contributed by atoms with Gasteiger partial charge in [-0.15, -0.1) is 0 Å². The van der Waals surface area contributed by atoms with E-state index >= 15 is 0 Å². The van der Waals surface area contributed by atoms with Crippen LogP contribution in [0.2, 0.25) is 0 Å². The Morgan fingerprint density at radius 3 is 2.36 bits per heavy atom. The molecule has 0 aromatic heterocycles. The molecular formula is C5H2F3NO4S. The second-order valence-corrected chi connectivity index (χ2v) is 3.82. The van der Waals surface area contributed by atoms with Crippen molar-refractivity contribution in [2.75, 3.05) is 0 Å². The fourth-order valence-electron chi connectivity index (χ4n) is 0.525. The van der Waals surface area contributed by atoms with Gasteiger partial charge in [0, 0.05) is 6.20 Å². The molecule has 1 aliphatic rings. The molecule has 0 aliphatic carbocycles. The number of hydrogen-bond acceptors (Lipinski definition) is 5. The van der Waals surface area contributed by atoms with Crippen LogP contribution in [0.5, 0.6) is 0 Å². The summed E-state index contributed by atoms with van der Waals surface area (Å²) in [6.07, 6.45) is -4.53. The van der Waals surface area contributed by atoms with Crippen molar-refractivity contribution in [3.05, 3.63) is 11.6 Å². The Labute approximate surface area is 75.8 Å². The van der Waals surface area contributed by atoms with Crippen LogP contribution in [0.4, 0.5) is 13.2 Å². The first-order valence-electron chi connectivity index (χ1n) is 3.02. The summed E-state index contributed by atoms with van der Waals surface area (Å²) in [6.45, 7) is 0. The van der Waals surface area contributed by atoms with E-state index in [1.54, 1.807) is 0 Å². The number of aliphatic imine (C=N–C) groups is 1. The van der Waals surface area contributed by atoms with Crippen LogP contribution in [-0.4, -0.2) is 25.8 Å². The molecule has 78 valence electrons. The minimum atomic E-state index is -5.25. The highest BCUT2D eigenvalue weighted by molar-refractivity contribution is 8.08. The van der Waals surface area contributed by atoms with Gasteiger partial charge in [-0.1, -0.05) is 0 Å². The molecule has 0 aromatic carbocycles. The molecule has 0 saturated carbocycles. The van der Waals surface area contributed by atoms with E-state index in [1.165, 1.54) is 0 Å². The third kappa shape index (κ3) is 2.10. The van der Waals surface area contributed by atoms with Gasteiger partial charge in [0.2, 0.25) is 0 Å². The summed E-state index contributed by atoms with van der Waals surface area (Å²) in [5.41, 5.74) is 0. The van der Waals surface area contributed by atoms with Crippen molar-refractivity contribution in [3.8, 4) is 0 Å². The van der Waals surface area contributed by atoms with Crippen LogP contribution in [-0.2, 0) is 19.4 Å². The van der Waals surface area contributed by atoms with Crippen molar-refractivity contribution in [3.63, 3.8) is 0 Å². The lowest BCUT2D eigenvalue weighted by Gasteiger charge is -2.04. The van der Waals surface area contributed by atoms with Crippen LogP contribution in [0.1, 0.15) is 0 Å². The standard InChI is InChI=1S/C5H2F3NO4S/c6-5(7,8)3(10)13-4-9-1-2-14(4,11)12/h1-2H. The fraction of sp³-hybridized carbons (Fsp3) is 0.200. The number of nitrogens with zero attached hydrogens (tertiary/aromatic N) is 1. The van der Waals surface area contributed by atoms with Gasteiger partial charge in [0.1, 0.15) is 0 Å². The number of carbonyl (C=O) groups excluding carboxylic acids is 1. The Hall–Kier alpha value is -1.38. The lowest BCUT2D eigenvalue weighted by atomic mass is 10.7. The van der Waals surface area contributed by atoms with E-state index in [0.29, 0.717) is 11.6 Å². The average molecular weight is 229 g/mol. The monoisotopic (exact) mass is 229 g/mol. The molecule has 0 unspecified atom stereocenters. The molecule has 0 N–H and O–H groups in total. The molecule has 1 aliphatic heterocycles. The maximum atomic E-state index is 11.6. The Bertz CT molecular complexity index is 419. The third-order valence-electron chi connectivity index (χ3n) is 1.07. The zero-order chi connectivity index (χ0) is 11.0. The van der Waals surface area contributed by atoms with Gasteiger partial charge in [-0.25, -0.2) is 18.2 Å². The molecule has 1 heterocycles. The SMILES string of the molecule is O=C(OC1=NC=CS1(=O)=O)C(F)(F)F. The third-order valence-corrected chi connectivity index (χ3v) is 2.23. The topological polar surface area (TPSA) is 72.8 Å². The highest BCUT2D eigenvalue weighted by Gasteiger charge is 2.43. The summed E-state index contributed by atoms with van der Waals surface area (Å²) in [5.74, 6) is -2.62. The Morgan fingerprint density at radius 1 is 1.43 bits per heavy atom. The summed E-state index contributed by atoms with van der Waals surface area (Å²) in [7, 11) is -4.12. The van der Waals surface area contributed by atoms with E-state index in [4.69, 9.17) is 0 Å². The molecule has 1 rings (SSSR count). The zero-order valence-corrected chi connectivity index (χ0v) is 7.09. The van der Waals surface area contributed by atoms with Crippen LogP contribution in [0.15, 0.2) is 16.6 Å². The highest BCUT2D eigenvalue weighted by atomic mass is 32.2. The minimum absolute atomic E-state index is 0.520. The van der Waals surface area contributed by atoms with Crippen molar-refractivity contribution in [1.82, 2.24) is 0 Å². The van der Waals surface area contributed by atoms with Crippen LogP contribution in [0.3, 0.4) is 0 Å². The predicted octanol–water partition coefficient (Wildman–Crippen LogP) is 0.348. The molecule has 9 heteroatoms. The number of alkyl halides is 3. The summed E-state index contributed by atoms with van der Waals surface area (Å²) >= 11 is 0. The van der Waals surface area contributed by atoms with Crippen molar-refractivity contribution in [2.24, 2.45) is 4.99 Å². The average Bonchev–Trinajstić information content (AvgIpc) is 2.29. The number of ether oxygens (including phenoxy) is 1. The molecule has 0 radical (unpaired) electrons. The summed E-state index contributed by atoms with van der Waals surface area (Å²) in [4.78, 5) is 13.1. The first-order chi connectivity index (χ1) is 6.23. The van der Waals surface area contributed by atoms with Crippen molar-refractivity contribution in [2.45, 2.75) is 6.18 Å². The van der Waals surface area contributed by atoms with Crippen molar-refractivity contribution < 1.29 is 31.1 Å². The normalized spacial score (nSPS) is 19.2. The maximum absolute atomic E-state index is 11.6. The van der Waals surface area contributed by atoms with Crippen LogP contribution in [0, 0.1) is 0 Å². The number of sulfone groups is 1. The van der Waals surface area contributed by atoms with Gasteiger partial charge in [-0.05, 0) is 0 Å². The number of rotatable bonds is 0. The summed E-state index contributed by atoms with van der Waals surface area (Å²) in [6, 6.07) is 0. The van der Waals surface area contributed by atoms with E-state index in [9.17, 15) is 26.4 Å². The largest absolute Gasteiger partial charge is 0.491 e. The van der Waals surface area contributed by atoms with Crippen LogP contribution < -0.4 is 0 Å². The van der Waals surface area contributed by atoms with Gasteiger partial charge in [0.25, 0.3) is 9.84 Å². The van der Waals surface area contributed by atoms with Crippen LogP contribution in [0.25, 0.3) is 0 Å². The lowest BCUT2D eigenvalue weighted by Crippen LogP contribution is -2.29. The lowest BCUT2D eigenvalue weighted by molar-refractivity contribution is -0.190. The first kappa shape index (κ1) is 10.7. The number of hydrogen-bond donors (Lipinski definition) is 0. The quantitative estimate of drug-likeness (QED) is 0.562. The predicted molar refractivity (Wildman–Crippen MR) is 37.6 cm³/mol. The first-order valence-corrected chi connectivity index (χ1v) is 4.56. The fourth-order valence-corrected chi connectivity index (χ4v) is 1.26. The van der Waals surface area contributed by atoms with Gasteiger partial charge in [0.05, 0.1) is 5.41 Å². The minimum Gasteiger partial charge on any atom is -0.390 e. The van der Waals surface area contributed by atoms with Gasteiger partial charge in [0.15, 0.2) is 0 Å². The van der Waals surface area contributed by atoms with E-state index < -0.39 is 27.2 Å². The molecule has 0 saturated heterocycles. The molecule has 5 nitrogen and oxygen atoms in total. The van der Waals surface area contributed by atoms with Gasteiger partial charge in [-0.3, -0.25) is 0 Å². The van der Waals surface area contributed by atoms with E-state index in [1.807, 2.05) is 0 Å². The maximum Gasteiger partial charge on any atom is 0.491 e. The molecule has 14 heavy (non-hydrogen) atoms. The molecule has 0 bridgehead atoms. The number of esters is 1. The zero-order valence-electron chi connectivity index (χ0n) is 6.28. The molecule has 0 amide bonds. The second-order valence-electron chi connectivity index (χ2n) is 2.11. The number of halogens is 3. The summed E-state index contributed by atoms with van der Waals surface area (Å²) in [5, 5.41) is -0.744. The molecule has 0 spiro atoms. The van der Waals surface area contributed by atoms with Crippen molar-refractivity contribution in [1.29, 1.82) is 0 Å². The Kier molecular flexibility index (Phi) is 2.36. The van der Waals surface area contributed by atoms with Gasteiger partial charge in [-0.2, -0.15) is 13.2 Å². The van der Waals surface area contributed by atoms with Crippen molar-refractivity contribution >= 4 is 21.0 Å². The van der Waals surface area contributed by atoms with Gasteiger partial charge < -0.3 is 4.74 Å². The molecular weight excluding hydrogens is 227 g/mol. The second kappa shape index (κ2) is 3.08. The molecule has 0 fully saturated rings.